The highest BCUT2D eigenvalue weighted by atomic mass is 16.7. The van der Waals surface area contributed by atoms with Gasteiger partial charge in [-0.1, -0.05) is 29.9 Å². The normalized spacial score (nSPS) is 35.4. The maximum absolute atomic E-state index is 12.6. The summed E-state index contributed by atoms with van der Waals surface area (Å²) in [6.07, 6.45) is 11.5. The van der Waals surface area contributed by atoms with Crippen molar-refractivity contribution in [2.75, 3.05) is 27.6 Å². The standard InChI is InChI=1S/C28H45NO7/c1-19(9-14-24-26(31)28(17-34-28)16-27(4,5)36-24)8-11-22-12-13-23(21(3)35-22)29(6)25(30)15-10-20(2)33-18-32-7/h8-10,14-15,20-24,26,31H,11-13,16-18H2,1-7H3/b14-9+,15-10-,19-8+/t20-,21+,22-,23+,24+,26+,28+/m0/s1. The number of likely N-dealkylation sites (N-methyl/N-ethyl adjacent to an activating group) is 1. The summed E-state index contributed by atoms with van der Waals surface area (Å²) in [4.78, 5) is 14.4. The highest BCUT2D eigenvalue weighted by Crippen LogP contribution is 2.46. The van der Waals surface area contributed by atoms with E-state index in [0.717, 1.165) is 24.8 Å². The van der Waals surface area contributed by atoms with Gasteiger partial charge in [0.25, 0.3) is 0 Å². The third-order valence-electron chi connectivity index (χ3n) is 7.33. The fourth-order valence-electron chi connectivity index (χ4n) is 5.21. The Morgan fingerprint density at radius 3 is 2.64 bits per heavy atom. The first-order chi connectivity index (χ1) is 17.0. The summed E-state index contributed by atoms with van der Waals surface area (Å²) in [5.74, 6) is -0.0590. The maximum atomic E-state index is 12.6. The van der Waals surface area contributed by atoms with E-state index in [1.807, 2.05) is 53.8 Å². The number of carbonyl (C=O) groups is 1. The zero-order valence-corrected chi connectivity index (χ0v) is 22.9. The summed E-state index contributed by atoms with van der Waals surface area (Å²) in [5, 5.41) is 10.7. The molecule has 0 saturated carbocycles. The van der Waals surface area contributed by atoms with Crippen molar-refractivity contribution in [1.29, 1.82) is 0 Å². The number of carbonyl (C=O) groups excluding carboxylic acids is 1. The van der Waals surface area contributed by atoms with E-state index in [0.29, 0.717) is 13.0 Å². The van der Waals surface area contributed by atoms with Crippen LogP contribution in [-0.2, 0) is 28.5 Å². The summed E-state index contributed by atoms with van der Waals surface area (Å²) >= 11 is 0. The van der Waals surface area contributed by atoms with Crippen LogP contribution in [0.1, 0.15) is 60.3 Å². The van der Waals surface area contributed by atoms with E-state index in [2.05, 4.69) is 6.08 Å². The van der Waals surface area contributed by atoms with Crippen molar-refractivity contribution in [2.45, 2.75) is 108 Å². The van der Waals surface area contributed by atoms with Crippen LogP contribution in [0.5, 0.6) is 0 Å². The first kappa shape index (κ1) is 29.0. The third kappa shape index (κ3) is 7.73. The van der Waals surface area contributed by atoms with Crippen molar-refractivity contribution in [2.24, 2.45) is 0 Å². The van der Waals surface area contributed by atoms with Gasteiger partial charge in [0, 0.05) is 26.7 Å². The summed E-state index contributed by atoms with van der Waals surface area (Å²) in [7, 11) is 3.39. The number of rotatable bonds is 10. The van der Waals surface area contributed by atoms with Crippen molar-refractivity contribution < 1.29 is 33.6 Å². The summed E-state index contributed by atoms with van der Waals surface area (Å²) < 4.78 is 28.2. The van der Waals surface area contributed by atoms with Crippen molar-refractivity contribution in [3.63, 3.8) is 0 Å². The lowest BCUT2D eigenvalue weighted by Gasteiger charge is -2.41. The lowest BCUT2D eigenvalue weighted by Crippen LogP contribution is -2.53. The molecule has 36 heavy (non-hydrogen) atoms. The number of aliphatic hydroxyl groups excluding tert-OH is 1. The van der Waals surface area contributed by atoms with Crippen molar-refractivity contribution in [1.82, 2.24) is 4.90 Å². The van der Waals surface area contributed by atoms with Crippen LogP contribution in [0.25, 0.3) is 0 Å². The average Bonchev–Trinajstić information content (AvgIpc) is 3.60. The minimum Gasteiger partial charge on any atom is -0.387 e. The van der Waals surface area contributed by atoms with Gasteiger partial charge >= 0.3 is 0 Å². The molecule has 7 atom stereocenters. The summed E-state index contributed by atoms with van der Waals surface area (Å²) in [6.45, 7) is 10.8. The van der Waals surface area contributed by atoms with E-state index in [1.165, 1.54) is 0 Å². The molecule has 3 rings (SSSR count). The van der Waals surface area contributed by atoms with E-state index in [-0.39, 0.29) is 48.8 Å². The summed E-state index contributed by atoms with van der Waals surface area (Å²) in [5.41, 5.74) is 0.323. The van der Waals surface area contributed by atoms with Crippen LogP contribution in [0.3, 0.4) is 0 Å². The number of hydrogen-bond acceptors (Lipinski definition) is 7. The van der Waals surface area contributed by atoms with E-state index < -0.39 is 11.7 Å². The third-order valence-corrected chi connectivity index (χ3v) is 7.33. The van der Waals surface area contributed by atoms with E-state index in [4.69, 9.17) is 23.7 Å². The smallest absolute Gasteiger partial charge is 0.246 e. The Labute approximate surface area is 216 Å². The molecule has 3 aliphatic rings. The van der Waals surface area contributed by atoms with Gasteiger partial charge in [-0.15, -0.1) is 0 Å². The molecule has 3 heterocycles. The molecule has 0 aromatic heterocycles. The molecule has 3 aliphatic heterocycles. The number of nitrogens with zero attached hydrogens (tertiary/aromatic N) is 1. The van der Waals surface area contributed by atoms with Crippen molar-refractivity contribution in [3.05, 3.63) is 36.0 Å². The second-order valence-corrected chi connectivity index (χ2v) is 11.1. The lowest BCUT2D eigenvalue weighted by atomic mass is 9.83. The van der Waals surface area contributed by atoms with Crippen LogP contribution in [0, 0.1) is 0 Å². The number of allylic oxidation sites excluding steroid dienone is 2. The molecule has 204 valence electrons. The van der Waals surface area contributed by atoms with Gasteiger partial charge in [0.05, 0.1) is 36.6 Å². The number of hydrogen-bond donors (Lipinski definition) is 1. The molecule has 0 radical (unpaired) electrons. The monoisotopic (exact) mass is 507 g/mol. The van der Waals surface area contributed by atoms with Crippen LogP contribution in [0.2, 0.25) is 0 Å². The Kier molecular flexibility index (Phi) is 9.94. The van der Waals surface area contributed by atoms with Gasteiger partial charge in [0.2, 0.25) is 5.91 Å². The van der Waals surface area contributed by atoms with Gasteiger partial charge in [-0.05, 0) is 53.9 Å². The molecule has 3 fully saturated rings. The number of ether oxygens (including phenoxy) is 5. The van der Waals surface area contributed by atoms with Crippen LogP contribution in [0.4, 0.5) is 0 Å². The topological polar surface area (TPSA) is 90.0 Å². The van der Waals surface area contributed by atoms with Crippen LogP contribution < -0.4 is 0 Å². The molecule has 8 nitrogen and oxygen atoms in total. The Balaban J connectivity index is 1.46. The SMILES string of the molecule is COCO[C@@H](C)/C=C\C(=O)N(C)[C@@H]1CC[C@H](C/C=C(C)/C=C/[C@H]2OC(C)(C)C[C@@]3(CO3)[C@@H]2O)O[C@@H]1C. The zero-order valence-electron chi connectivity index (χ0n) is 22.9. The first-order valence-electron chi connectivity index (χ1n) is 13.0. The molecule has 0 aromatic rings. The van der Waals surface area contributed by atoms with E-state index in [9.17, 15) is 9.90 Å². The Hall–Kier alpha value is -1.55. The Bertz CT molecular complexity index is 832. The molecule has 1 N–H and O–H groups in total. The van der Waals surface area contributed by atoms with E-state index in [1.54, 1.807) is 24.2 Å². The Morgan fingerprint density at radius 2 is 2.00 bits per heavy atom. The Morgan fingerprint density at radius 1 is 1.28 bits per heavy atom. The maximum Gasteiger partial charge on any atom is 0.246 e. The number of aliphatic hydroxyl groups is 1. The fraction of sp³-hybridized carbons (Fsp3) is 0.750. The van der Waals surface area contributed by atoms with Gasteiger partial charge in [-0.2, -0.15) is 0 Å². The molecule has 0 aromatic carbocycles. The quantitative estimate of drug-likeness (QED) is 0.209. The van der Waals surface area contributed by atoms with Crippen LogP contribution in [0.15, 0.2) is 36.0 Å². The number of amides is 1. The highest BCUT2D eigenvalue weighted by molar-refractivity contribution is 5.87. The van der Waals surface area contributed by atoms with Gasteiger partial charge in [0.1, 0.15) is 24.6 Å². The molecule has 0 bridgehead atoms. The molecule has 8 heteroatoms. The van der Waals surface area contributed by atoms with Crippen molar-refractivity contribution in [3.8, 4) is 0 Å². The average molecular weight is 508 g/mol. The highest BCUT2D eigenvalue weighted by Gasteiger charge is 2.60. The molecule has 1 spiro atoms. The minimum atomic E-state index is -0.648. The van der Waals surface area contributed by atoms with E-state index >= 15 is 0 Å². The molecular weight excluding hydrogens is 462 g/mol. The van der Waals surface area contributed by atoms with Gasteiger partial charge in [-0.25, -0.2) is 0 Å². The zero-order chi connectivity index (χ0) is 26.5. The molecule has 3 saturated heterocycles. The molecular formula is C28H45NO7. The molecule has 1 amide bonds. The second kappa shape index (κ2) is 12.3. The number of methoxy groups -OCH3 is 1. The second-order valence-electron chi connectivity index (χ2n) is 11.1. The fourth-order valence-corrected chi connectivity index (χ4v) is 5.21. The number of epoxide rings is 1. The first-order valence-corrected chi connectivity index (χ1v) is 13.0. The molecule has 0 unspecified atom stereocenters. The van der Waals surface area contributed by atoms with Crippen LogP contribution >= 0.6 is 0 Å². The van der Waals surface area contributed by atoms with Gasteiger partial charge < -0.3 is 33.7 Å². The van der Waals surface area contributed by atoms with Gasteiger partial charge in [0.15, 0.2) is 0 Å². The minimum absolute atomic E-state index is 0.0313. The van der Waals surface area contributed by atoms with Crippen LogP contribution in [-0.4, -0.2) is 91.2 Å². The predicted octanol–water partition coefficient (Wildman–Crippen LogP) is 3.54. The van der Waals surface area contributed by atoms with Crippen molar-refractivity contribution >= 4 is 5.91 Å². The van der Waals surface area contributed by atoms with Gasteiger partial charge in [-0.3, -0.25) is 4.79 Å². The lowest BCUT2D eigenvalue weighted by molar-refractivity contribution is -0.171. The predicted molar refractivity (Wildman–Crippen MR) is 137 cm³/mol. The largest absolute Gasteiger partial charge is 0.387 e. The summed E-state index contributed by atoms with van der Waals surface area (Å²) in [6, 6.07) is 0.0313. The molecule has 0 aliphatic carbocycles.